The molecule has 0 unspecified atom stereocenters. The number of rotatable bonds is 11. The van der Waals surface area contributed by atoms with Crippen molar-refractivity contribution >= 4 is 33.4 Å². The Morgan fingerprint density at radius 1 is 1.21 bits per heavy atom. The number of nitrogens with zero attached hydrogens (tertiary/aromatic N) is 2. The molecule has 0 radical (unpaired) electrons. The van der Waals surface area contributed by atoms with Crippen LogP contribution >= 0.6 is 11.6 Å². The number of aliphatic imine (C=N–C) groups is 1. The Kier molecular flexibility index (Phi) is 9.45. The topological polar surface area (TPSA) is 90.9 Å². The Morgan fingerprint density at radius 3 is 2.49 bits per heavy atom. The fourth-order valence-corrected chi connectivity index (χ4v) is 5.51. The second-order valence-electron chi connectivity index (χ2n) is 9.60. The molecule has 2 aromatic carbocycles. The van der Waals surface area contributed by atoms with Gasteiger partial charge in [-0.2, -0.15) is 17.5 Å². The minimum Gasteiger partial charge on any atom is -0.357 e. The second kappa shape index (κ2) is 12.1. The third kappa shape index (κ3) is 8.02. The van der Waals surface area contributed by atoms with Gasteiger partial charge in [-0.05, 0) is 55.7 Å². The number of carbonyl (C=O) groups excluding carboxylic acids is 1. The van der Waals surface area contributed by atoms with Crippen LogP contribution < -0.4 is 10.6 Å². The van der Waals surface area contributed by atoms with Crippen LogP contribution in [0.25, 0.3) is 0 Å². The third-order valence-corrected chi connectivity index (χ3v) is 8.25. The highest BCUT2D eigenvalue weighted by Gasteiger charge is 2.41. The van der Waals surface area contributed by atoms with Gasteiger partial charge in [-0.3, -0.25) is 9.79 Å². The van der Waals surface area contributed by atoms with Crippen molar-refractivity contribution in [2.75, 3.05) is 13.1 Å². The minimum atomic E-state index is -4.40. The Balaban J connectivity index is 1.73. The van der Waals surface area contributed by atoms with E-state index in [2.05, 4.69) is 22.2 Å². The molecule has 1 aliphatic rings. The standard InChI is InChI=1S/C26H29ClF4N4O3S/c1-17(23-33-22(25(2,3)34-23)24(36)32-13-12-26(29,30)31)11-14-35(16-18-9-10-20(27)21(28)15-18)39(37,38)19-7-5-4-6-8-19/h4-10,15,22H,1,11-14,16H2,2-3H3,(H,32,36)(H,33,34)/t22-/m0/s1. The van der Waals surface area contributed by atoms with Crippen LogP contribution in [0.2, 0.25) is 5.02 Å². The molecule has 0 saturated heterocycles. The average molecular weight is 589 g/mol. The van der Waals surface area contributed by atoms with Crippen molar-refractivity contribution in [3.05, 3.63) is 77.1 Å². The summed E-state index contributed by atoms with van der Waals surface area (Å²) in [6, 6.07) is 10.9. The Hall–Kier alpha value is -2.96. The van der Waals surface area contributed by atoms with E-state index in [0.29, 0.717) is 11.1 Å². The summed E-state index contributed by atoms with van der Waals surface area (Å²) in [7, 11) is -3.99. The molecule has 3 rings (SSSR count). The molecule has 39 heavy (non-hydrogen) atoms. The fraction of sp³-hybridized carbons (Fsp3) is 0.385. The number of carbonyl (C=O) groups is 1. The average Bonchev–Trinajstić information content (AvgIpc) is 3.18. The first-order valence-electron chi connectivity index (χ1n) is 12.0. The zero-order chi connectivity index (χ0) is 29.0. The molecule has 7 nitrogen and oxygen atoms in total. The number of halogens is 5. The van der Waals surface area contributed by atoms with Gasteiger partial charge in [0.1, 0.15) is 17.7 Å². The van der Waals surface area contributed by atoms with Gasteiger partial charge in [0.15, 0.2) is 0 Å². The molecule has 1 atom stereocenters. The van der Waals surface area contributed by atoms with Gasteiger partial charge in [0.05, 0.1) is 21.9 Å². The molecule has 0 fully saturated rings. The zero-order valence-corrected chi connectivity index (χ0v) is 22.9. The maximum Gasteiger partial charge on any atom is 0.390 e. The summed E-state index contributed by atoms with van der Waals surface area (Å²) in [5.74, 6) is -1.07. The van der Waals surface area contributed by atoms with Crippen LogP contribution in [0.1, 0.15) is 32.3 Å². The van der Waals surface area contributed by atoms with Crippen molar-refractivity contribution in [3.63, 3.8) is 0 Å². The molecule has 13 heteroatoms. The number of amides is 1. The molecule has 0 aliphatic carbocycles. The lowest BCUT2D eigenvalue weighted by atomic mass is 9.96. The van der Waals surface area contributed by atoms with Gasteiger partial charge in [-0.1, -0.05) is 42.4 Å². The number of amidine groups is 1. The number of nitrogens with one attached hydrogen (secondary N) is 2. The van der Waals surface area contributed by atoms with E-state index in [1.54, 1.807) is 32.0 Å². The lowest BCUT2D eigenvalue weighted by Crippen LogP contribution is -2.52. The van der Waals surface area contributed by atoms with E-state index >= 15 is 0 Å². The predicted molar refractivity (Wildman–Crippen MR) is 141 cm³/mol. The van der Waals surface area contributed by atoms with Crippen LogP contribution in [0.4, 0.5) is 17.6 Å². The summed E-state index contributed by atoms with van der Waals surface area (Å²) in [6.45, 7) is 6.51. The molecular formula is C26H29ClF4N4O3S. The van der Waals surface area contributed by atoms with E-state index in [4.69, 9.17) is 11.6 Å². The van der Waals surface area contributed by atoms with Crippen molar-refractivity contribution in [1.29, 1.82) is 0 Å². The van der Waals surface area contributed by atoms with Crippen LogP contribution in [0.15, 0.2) is 70.6 Å². The SMILES string of the molecule is C=C(CCN(Cc1ccc(Cl)c(F)c1)S(=O)(=O)c1ccccc1)C1=NC(C)(C)[C@H](C(=O)NCCC(F)(F)F)N1. The van der Waals surface area contributed by atoms with E-state index < -0.39 is 52.5 Å². The zero-order valence-electron chi connectivity index (χ0n) is 21.4. The smallest absolute Gasteiger partial charge is 0.357 e. The Bertz CT molecular complexity index is 1350. The number of alkyl halides is 3. The molecule has 2 N–H and O–H groups in total. The van der Waals surface area contributed by atoms with Gasteiger partial charge in [0, 0.05) is 19.6 Å². The Labute approximate surface area is 230 Å². The van der Waals surface area contributed by atoms with Gasteiger partial charge in [0.2, 0.25) is 15.9 Å². The summed E-state index contributed by atoms with van der Waals surface area (Å²) < 4.78 is 79.4. The molecule has 0 aromatic heterocycles. The summed E-state index contributed by atoms with van der Waals surface area (Å²) in [6.07, 6.45) is -5.45. The van der Waals surface area contributed by atoms with Crippen LogP contribution in [0, 0.1) is 5.82 Å². The van der Waals surface area contributed by atoms with Crippen LogP contribution in [0.5, 0.6) is 0 Å². The van der Waals surface area contributed by atoms with Crippen molar-refractivity contribution in [2.24, 2.45) is 4.99 Å². The Morgan fingerprint density at radius 2 is 1.87 bits per heavy atom. The first kappa shape index (κ1) is 30.6. The highest BCUT2D eigenvalue weighted by atomic mass is 35.5. The van der Waals surface area contributed by atoms with Crippen LogP contribution in [-0.2, 0) is 21.4 Å². The number of hydrogen-bond acceptors (Lipinski definition) is 5. The van der Waals surface area contributed by atoms with Crippen molar-refractivity contribution in [1.82, 2.24) is 14.9 Å². The van der Waals surface area contributed by atoms with Crippen LogP contribution in [-0.4, -0.2) is 55.3 Å². The van der Waals surface area contributed by atoms with Gasteiger partial charge >= 0.3 is 6.18 Å². The molecule has 1 heterocycles. The first-order valence-corrected chi connectivity index (χ1v) is 13.8. The number of benzene rings is 2. The summed E-state index contributed by atoms with van der Waals surface area (Å²) >= 11 is 5.77. The van der Waals surface area contributed by atoms with Gasteiger partial charge in [-0.15, -0.1) is 0 Å². The highest BCUT2D eigenvalue weighted by molar-refractivity contribution is 7.89. The molecule has 212 valence electrons. The van der Waals surface area contributed by atoms with E-state index in [0.717, 1.165) is 6.07 Å². The van der Waals surface area contributed by atoms with Crippen molar-refractivity contribution in [3.8, 4) is 0 Å². The molecule has 0 bridgehead atoms. The maximum atomic E-state index is 14.1. The molecule has 0 spiro atoms. The summed E-state index contributed by atoms with van der Waals surface area (Å²) in [5, 5.41) is 5.09. The van der Waals surface area contributed by atoms with E-state index in [1.165, 1.54) is 28.6 Å². The normalized spacial score (nSPS) is 17.0. The quantitative estimate of drug-likeness (QED) is 0.368. The summed E-state index contributed by atoms with van der Waals surface area (Å²) in [5.41, 5.74) is -0.212. The minimum absolute atomic E-state index is 0.0517. The van der Waals surface area contributed by atoms with E-state index in [-0.39, 0.29) is 35.3 Å². The van der Waals surface area contributed by atoms with Gasteiger partial charge in [-0.25, -0.2) is 12.8 Å². The van der Waals surface area contributed by atoms with Gasteiger partial charge in [0.25, 0.3) is 0 Å². The number of sulfonamides is 1. The lowest BCUT2D eigenvalue weighted by Gasteiger charge is -2.24. The predicted octanol–water partition coefficient (Wildman–Crippen LogP) is 4.83. The molecular weight excluding hydrogens is 560 g/mol. The lowest BCUT2D eigenvalue weighted by molar-refractivity contribution is -0.136. The van der Waals surface area contributed by atoms with Gasteiger partial charge < -0.3 is 10.6 Å². The molecule has 2 aromatic rings. The number of hydrogen-bond donors (Lipinski definition) is 2. The molecule has 0 saturated carbocycles. The van der Waals surface area contributed by atoms with E-state index in [1.807, 2.05) is 0 Å². The van der Waals surface area contributed by atoms with E-state index in [9.17, 15) is 30.8 Å². The summed E-state index contributed by atoms with van der Waals surface area (Å²) in [4.78, 5) is 17.1. The maximum absolute atomic E-state index is 14.1. The highest BCUT2D eigenvalue weighted by Crippen LogP contribution is 2.26. The third-order valence-electron chi connectivity index (χ3n) is 6.08. The molecule has 1 amide bonds. The van der Waals surface area contributed by atoms with Crippen LogP contribution in [0.3, 0.4) is 0 Å². The van der Waals surface area contributed by atoms with Crippen molar-refractivity contribution in [2.45, 2.75) is 55.9 Å². The van der Waals surface area contributed by atoms with Crippen molar-refractivity contribution < 1.29 is 30.8 Å². The fourth-order valence-electron chi connectivity index (χ4n) is 3.94. The second-order valence-corrected chi connectivity index (χ2v) is 11.9. The monoisotopic (exact) mass is 588 g/mol. The largest absolute Gasteiger partial charge is 0.390 e. The first-order chi connectivity index (χ1) is 18.1. The molecule has 1 aliphatic heterocycles.